The van der Waals surface area contributed by atoms with Gasteiger partial charge in [0.15, 0.2) is 0 Å². The third-order valence-electron chi connectivity index (χ3n) is 4.22. The zero-order valence-electron chi connectivity index (χ0n) is 14.0. The first-order chi connectivity index (χ1) is 11.0. The van der Waals surface area contributed by atoms with Crippen LogP contribution in [0.15, 0.2) is 18.5 Å². The molecular weight excluding hydrogens is 299 g/mol. The van der Waals surface area contributed by atoms with E-state index in [1.165, 1.54) is 0 Å². The van der Waals surface area contributed by atoms with E-state index in [0.29, 0.717) is 38.3 Å². The van der Waals surface area contributed by atoms with Crippen LogP contribution in [-0.4, -0.2) is 71.2 Å². The number of amides is 1. The molecule has 128 valence electrons. The van der Waals surface area contributed by atoms with Crippen LogP contribution in [0.5, 0.6) is 0 Å². The van der Waals surface area contributed by atoms with E-state index >= 15 is 0 Å². The molecule has 0 bridgehead atoms. The van der Waals surface area contributed by atoms with E-state index in [1.807, 2.05) is 11.8 Å². The van der Waals surface area contributed by atoms with Crippen LogP contribution < -0.4 is 0 Å². The topological polar surface area (TPSA) is 58.6 Å². The lowest BCUT2D eigenvalue weighted by atomic mass is 10.2. The van der Waals surface area contributed by atoms with Gasteiger partial charge in [0.1, 0.15) is 12.0 Å². The molecule has 0 N–H and O–H groups in total. The van der Waals surface area contributed by atoms with Crippen molar-refractivity contribution in [3.05, 3.63) is 24.3 Å². The third-order valence-corrected chi connectivity index (χ3v) is 4.22. The van der Waals surface area contributed by atoms with Gasteiger partial charge in [-0.05, 0) is 19.4 Å². The lowest BCUT2D eigenvalue weighted by Gasteiger charge is -2.28. The number of methoxy groups -OCH3 is 1. The number of alkyl halides is 1. The minimum Gasteiger partial charge on any atom is -0.381 e. The third kappa shape index (κ3) is 5.21. The molecule has 1 fully saturated rings. The fraction of sp³-hybridized carbons (Fsp3) is 0.688. The summed E-state index contributed by atoms with van der Waals surface area (Å²) in [4.78, 5) is 24.2. The van der Waals surface area contributed by atoms with Gasteiger partial charge in [-0.1, -0.05) is 0 Å². The van der Waals surface area contributed by atoms with Crippen molar-refractivity contribution in [2.75, 3.05) is 27.2 Å². The summed E-state index contributed by atoms with van der Waals surface area (Å²) in [6.07, 6.45) is 3.15. The van der Waals surface area contributed by atoms with Crippen molar-refractivity contribution in [2.24, 2.45) is 0 Å². The maximum atomic E-state index is 13.8. The average Bonchev–Trinajstić information content (AvgIpc) is 2.87. The van der Waals surface area contributed by atoms with Crippen LogP contribution >= 0.6 is 0 Å². The fourth-order valence-corrected chi connectivity index (χ4v) is 2.80. The predicted molar refractivity (Wildman–Crippen MR) is 84.5 cm³/mol. The summed E-state index contributed by atoms with van der Waals surface area (Å²) in [7, 11) is 3.34. The molecule has 0 radical (unpaired) electrons. The molecular formula is C16H25FN4O2. The largest absolute Gasteiger partial charge is 0.381 e. The van der Waals surface area contributed by atoms with E-state index in [9.17, 15) is 9.18 Å². The number of halogens is 1. The van der Waals surface area contributed by atoms with Gasteiger partial charge in [-0.25, -0.2) is 14.4 Å². The summed E-state index contributed by atoms with van der Waals surface area (Å²) in [6.45, 7) is 3.22. The number of carbonyl (C=O) groups is 1. The Hall–Kier alpha value is -1.60. The average molecular weight is 324 g/mol. The molecule has 3 atom stereocenters. The highest BCUT2D eigenvalue weighted by molar-refractivity contribution is 5.76. The normalized spacial score (nSPS) is 23.0. The number of likely N-dealkylation sites (N-methyl/N-ethyl adjacent to an activating group) is 1. The maximum absolute atomic E-state index is 13.8. The van der Waals surface area contributed by atoms with Crippen molar-refractivity contribution in [3.8, 4) is 0 Å². The molecule has 1 aliphatic rings. The van der Waals surface area contributed by atoms with Crippen molar-refractivity contribution < 1.29 is 13.9 Å². The van der Waals surface area contributed by atoms with Crippen LogP contribution in [0.4, 0.5) is 4.39 Å². The minimum atomic E-state index is -0.870. The van der Waals surface area contributed by atoms with Gasteiger partial charge < -0.3 is 9.64 Å². The second-order valence-electron chi connectivity index (χ2n) is 6.11. The van der Waals surface area contributed by atoms with Crippen LogP contribution in [0.1, 0.15) is 25.6 Å². The highest BCUT2D eigenvalue weighted by Gasteiger charge is 2.34. The summed E-state index contributed by atoms with van der Waals surface area (Å²) in [6, 6.07) is 1.74. The van der Waals surface area contributed by atoms with E-state index in [-0.39, 0.29) is 18.1 Å². The van der Waals surface area contributed by atoms with Crippen molar-refractivity contribution in [1.82, 2.24) is 19.8 Å². The molecule has 7 heteroatoms. The second kappa shape index (κ2) is 8.31. The molecule has 0 aliphatic carbocycles. The van der Waals surface area contributed by atoms with Crippen LogP contribution in [-0.2, 0) is 16.1 Å². The van der Waals surface area contributed by atoms with E-state index in [2.05, 4.69) is 9.97 Å². The van der Waals surface area contributed by atoms with Gasteiger partial charge >= 0.3 is 0 Å². The molecule has 1 aliphatic heterocycles. The van der Waals surface area contributed by atoms with Crippen molar-refractivity contribution in [2.45, 2.75) is 44.6 Å². The van der Waals surface area contributed by atoms with Gasteiger partial charge in [0.05, 0.1) is 19.1 Å². The molecule has 1 saturated heterocycles. The van der Waals surface area contributed by atoms with Crippen LogP contribution in [0.2, 0.25) is 0 Å². The zero-order chi connectivity index (χ0) is 16.8. The number of hydrogen-bond donors (Lipinski definition) is 0. The molecule has 23 heavy (non-hydrogen) atoms. The molecule has 6 nitrogen and oxygen atoms in total. The van der Waals surface area contributed by atoms with E-state index in [1.54, 1.807) is 37.5 Å². The maximum Gasteiger partial charge on any atom is 0.224 e. The number of hydrogen-bond acceptors (Lipinski definition) is 5. The first kappa shape index (κ1) is 17.7. The van der Waals surface area contributed by atoms with Gasteiger partial charge in [0.25, 0.3) is 0 Å². The van der Waals surface area contributed by atoms with Crippen LogP contribution in [0.25, 0.3) is 0 Å². The van der Waals surface area contributed by atoms with E-state index in [0.717, 1.165) is 0 Å². The highest BCUT2D eigenvalue weighted by atomic mass is 19.1. The molecule has 1 unspecified atom stereocenters. The monoisotopic (exact) mass is 324 g/mol. The smallest absolute Gasteiger partial charge is 0.224 e. The van der Waals surface area contributed by atoms with Crippen molar-refractivity contribution in [3.63, 3.8) is 0 Å². The molecule has 1 aromatic rings. The standard InChI is InChI=1S/C16H25FN4O2/c1-12(23-3)7-16(22)20(2)10-14-8-13(17)9-21(14)11-15-18-5-4-6-19-15/h4-6,12-14H,7-11H2,1-3H3/t12?,13-,14-/m0/s1. The summed E-state index contributed by atoms with van der Waals surface area (Å²) >= 11 is 0. The number of aromatic nitrogens is 2. The van der Waals surface area contributed by atoms with E-state index < -0.39 is 6.17 Å². The summed E-state index contributed by atoms with van der Waals surface area (Å²) in [5, 5.41) is 0. The second-order valence-corrected chi connectivity index (χ2v) is 6.11. The lowest BCUT2D eigenvalue weighted by Crippen LogP contribution is -2.41. The minimum absolute atomic E-state index is 0.0116. The van der Waals surface area contributed by atoms with Gasteiger partial charge in [0.2, 0.25) is 5.91 Å². The molecule has 0 spiro atoms. The summed E-state index contributed by atoms with van der Waals surface area (Å²) < 4.78 is 19.0. The van der Waals surface area contributed by atoms with Gasteiger partial charge in [-0.2, -0.15) is 0 Å². The number of likely N-dealkylation sites (tertiary alicyclic amines) is 1. The number of ether oxygens (including phenoxy) is 1. The highest BCUT2D eigenvalue weighted by Crippen LogP contribution is 2.22. The Morgan fingerprint density at radius 3 is 2.87 bits per heavy atom. The van der Waals surface area contributed by atoms with Crippen LogP contribution in [0, 0.1) is 0 Å². The molecule has 1 aromatic heterocycles. The van der Waals surface area contributed by atoms with Gasteiger partial charge in [-0.3, -0.25) is 9.69 Å². The Morgan fingerprint density at radius 1 is 1.52 bits per heavy atom. The first-order valence-corrected chi connectivity index (χ1v) is 7.90. The Bertz CT molecular complexity index is 502. The Kier molecular flexibility index (Phi) is 6.41. The Balaban J connectivity index is 1.92. The molecule has 0 saturated carbocycles. The zero-order valence-corrected chi connectivity index (χ0v) is 14.0. The molecule has 1 amide bonds. The lowest BCUT2D eigenvalue weighted by molar-refractivity contribution is -0.132. The first-order valence-electron chi connectivity index (χ1n) is 7.90. The number of carbonyl (C=O) groups excluding carboxylic acids is 1. The fourth-order valence-electron chi connectivity index (χ4n) is 2.80. The van der Waals surface area contributed by atoms with E-state index in [4.69, 9.17) is 4.74 Å². The number of rotatable bonds is 7. The summed E-state index contributed by atoms with van der Waals surface area (Å²) in [5.41, 5.74) is 0. The quantitative estimate of drug-likeness (QED) is 0.756. The number of nitrogens with zero attached hydrogens (tertiary/aromatic N) is 4. The predicted octanol–water partition coefficient (Wildman–Crippen LogP) is 1.27. The molecule has 2 rings (SSSR count). The van der Waals surface area contributed by atoms with Gasteiger partial charge in [-0.15, -0.1) is 0 Å². The molecule has 2 heterocycles. The van der Waals surface area contributed by atoms with Crippen molar-refractivity contribution >= 4 is 5.91 Å². The van der Waals surface area contributed by atoms with Crippen molar-refractivity contribution in [1.29, 1.82) is 0 Å². The summed E-state index contributed by atoms with van der Waals surface area (Å²) in [5.74, 6) is 0.686. The van der Waals surface area contributed by atoms with Crippen LogP contribution in [0.3, 0.4) is 0 Å². The Labute approximate surface area is 136 Å². The van der Waals surface area contributed by atoms with Gasteiger partial charge in [0, 0.05) is 45.7 Å². The Morgan fingerprint density at radius 2 is 2.22 bits per heavy atom. The molecule has 0 aromatic carbocycles. The SMILES string of the molecule is COC(C)CC(=O)N(C)C[C@@H]1C[C@H](F)CN1Cc1ncccn1.